The molecule has 0 saturated heterocycles. The minimum Gasteiger partial charge on any atom is -0.484 e. The molecule has 0 aliphatic heterocycles. The van der Waals surface area contributed by atoms with Gasteiger partial charge in [-0.1, -0.05) is 60.2 Å². The number of amides is 1. The molecule has 0 saturated carbocycles. The van der Waals surface area contributed by atoms with Gasteiger partial charge in [-0.3, -0.25) is 4.79 Å². The van der Waals surface area contributed by atoms with Crippen molar-refractivity contribution in [3.63, 3.8) is 0 Å². The largest absolute Gasteiger partial charge is 0.484 e. The summed E-state index contributed by atoms with van der Waals surface area (Å²) >= 11 is 0. The number of anilines is 1. The molecule has 3 rings (SSSR count). The molecule has 4 heteroatoms. The smallest absolute Gasteiger partial charge is 0.262 e. The van der Waals surface area contributed by atoms with E-state index in [1.54, 1.807) is 0 Å². The van der Waals surface area contributed by atoms with E-state index < -0.39 is 0 Å². The van der Waals surface area contributed by atoms with Crippen molar-refractivity contribution in [3.8, 4) is 5.75 Å². The molecule has 0 fully saturated rings. The van der Waals surface area contributed by atoms with Gasteiger partial charge in [0.05, 0.1) is 0 Å². The van der Waals surface area contributed by atoms with Crippen LogP contribution in [0.2, 0.25) is 0 Å². The van der Waals surface area contributed by atoms with Crippen molar-refractivity contribution in [1.82, 2.24) is 5.32 Å². The Hall–Kier alpha value is -3.11. The molecule has 4 nitrogen and oxygen atoms in total. The maximum absolute atomic E-state index is 12.1. The molecule has 0 aliphatic carbocycles. The molecule has 1 atom stereocenters. The van der Waals surface area contributed by atoms with Crippen molar-refractivity contribution in [2.24, 2.45) is 0 Å². The number of ether oxygens (including phenoxy) is 1. The lowest BCUT2D eigenvalue weighted by atomic mass is 10.1. The van der Waals surface area contributed by atoms with Crippen LogP contribution in [-0.4, -0.2) is 18.6 Å². The summed E-state index contributed by atoms with van der Waals surface area (Å²) in [4.78, 5) is 12.1. The van der Waals surface area contributed by atoms with Crippen LogP contribution in [0.15, 0.2) is 78.9 Å². The van der Waals surface area contributed by atoms with Gasteiger partial charge in [0, 0.05) is 18.3 Å². The molecule has 0 spiro atoms. The second-order valence-electron chi connectivity index (χ2n) is 7.66. The standard InChI is InChI=1S/C26H30N2O2/c1-20-11-15-24(16-12-20)28-26(29)19-30-25-10-6-9-23(17-25)18-27-21(2)13-14-22-7-4-3-5-8-22/h3-12,15-17,21,27H,13-14,18-19H2,1-2H3,(H,28,29). The van der Waals surface area contributed by atoms with E-state index in [1.165, 1.54) is 5.56 Å². The molecule has 156 valence electrons. The predicted octanol–water partition coefficient (Wildman–Crippen LogP) is 5.12. The summed E-state index contributed by atoms with van der Waals surface area (Å²) in [5, 5.41) is 6.41. The molecule has 0 heterocycles. The molecular formula is C26H30N2O2. The maximum Gasteiger partial charge on any atom is 0.262 e. The summed E-state index contributed by atoms with van der Waals surface area (Å²) in [6.07, 6.45) is 2.15. The van der Waals surface area contributed by atoms with E-state index in [0.29, 0.717) is 11.8 Å². The van der Waals surface area contributed by atoms with E-state index in [9.17, 15) is 4.79 Å². The molecule has 1 unspecified atom stereocenters. The highest BCUT2D eigenvalue weighted by Crippen LogP contribution is 2.14. The van der Waals surface area contributed by atoms with E-state index in [-0.39, 0.29) is 12.5 Å². The van der Waals surface area contributed by atoms with Crippen LogP contribution in [0.1, 0.15) is 30.0 Å². The average Bonchev–Trinajstić information content (AvgIpc) is 2.77. The fourth-order valence-electron chi connectivity index (χ4n) is 3.15. The molecule has 3 aromatic carbocycles. The zero-order valence-corrected chi connectivity index (χ0v) is 17.7. The first-order valence-corrected chi connectivity index (χ1v) is 10.4. The van der Waals surface area contributed by atoms with Gasteiger partial charge in [0.1, 0.15) is 5.75 Å². The first-order chi connectivity index (χ1) is 14.6. The van der Waals surface area contributed by atoms with Gasteiger partial charge in [-0.2, -0.15) is 0 Å². The third-order valence-electron chi connectivity index (χ3n) is 4.97. The van der Waals surface area contributed by atoms with Crippen molar-refractivity contribution in [1.29, 1.82) is 0 Å². The topological polar surface area (TPSA) is 50.4 Å². The molecule has 2 N–H and O–H groups in total. The fourth-order valence-corrected chi connectivity index (χ4v) is 3.15. The van der Waals surface area contributed by atoms with Crippen molar-refractivity contribution in [2.45, 2.75) is 39.3 Å². The second-order valence-corrected chi connectivity index (χ2v) is 7.66. The van der Waals surface area contributed by atoms with Gasteiger partial charge in [0.25, 0.3) is 5.91 Å². The Morgan fingerprint density at radius 2 is 1.67 bits per heavy atom. The summed E-state index contributed by atoms with van der Waals surface area (Å²) in [5.41, 5.74) is 4.43. The van der Waals surface area contributed by atoms with E-state index in [1.807, 2.05) is 55.5 Å². The third-order valence-corrected chi connectivity index (χ3v) is 4.97. The Morgan fingerprint density at radius 1 is 0.933 bits per heavy atom. The van der Waals surface area contributed by atoms with Crippen LogP contribution in [0, 0.1) is 6.92 Å². The van der Waals surface area contributed by atoms with Crippen molar-refractivity contribution >= 4 is 11.6 Å². The van der Waals surface area contributed by atoms with E-state index in [2.05, 4.69) is 47.9 Å². The number of benzene rings is 3. The molecule has 1 amide bonds. The Kier molecular flexibility index (Phi) is 8.04. The van der Waals surface area contributed by atoms with Gasteiger partial charge >= 0.3 is 0 Å². The lowest BCUT2D eigenvalue weighted by Crippen LogP contribution is -2.26. The van der Waals surface area contributed by atoms with Crippen LogP contribution < -0.4 is 15.4 Å². The number of carbonyl (C=O) groups excluding carboxylic acids is 1. The third kappa shape index (κ3) is 7.37. The van der Waals surface area contributed by atoms with E-state index in [4.69, 9.17) is 4.74 Å². The van der Waals surface area contributed by atoms with Crippen LogP contribution in [0.25, 0.3) is 0 Å². The van der Waals surface area contributed by atoms with Gasteiger partial charge in [0.15, 0.2) is 6.61 Å². The minimum absolute atomic E-state index is 0.0156. The molecule has 0 radical (unpaired) electrons. The van der Waals surface area contributed by atoms with Crippen LogP contribution >= 0.6 is 0 Å². The summed E-state index contributed by atoms with van der Waals surface area (Å²) in [6, 6.07) is 26.6. The second kappa shape index (κ2) is 11.2. The van der Waals surface area contributed by atoms with E-state index >= 15 is 0 Å². The lowest BCUT2D eigenvalue weighted by Gasteiger charge is -2.14. The minimum atomic E-state index is -0.170. The van der Waals surface area contributed by atoms with Crippen LogP contribution in [0.4, 0.5) is 5.69 Å². The van der Waals surface area contributed by atoms with Crippen molar-refractivity contribution < 1.29 is 9.53 Å². The number of aryl methyl sites for hydroxylation is 2. The van der Waals surface area contributed by atoms with Crippen LogP contribution in [-0.2, 0) is 17.8 Å². The monoisotopic (exact) mass is 402 g/mol. The first kappa shape index (κ1) is 21.6. The highest BCUT2D eigenvalue weighted by molar-refractivity contribution is 5.91. The highest BCUT2D eigenvalue weighted by Gasteiger charge is 2.06. The Labute approximate surface area is 179 Å². The highest BCUT2D eigenvalue weighted by atomic mass is 16.5. The Balaban J connectivity index is 1.41. The number of nitrogens with one attached hydrogen (secondary N) is 2. The first-order valence-electron chi connectivity index (χ1n) is 10.4. The Morgan fingerprint density at radius 3 is 2.43 bits per heavy atom. The van der Waals surface area contributed by atoms with Crippen LogP contribution in [0.3, 0.4) is 0 Å². The molecule has 0 bridgehead atoms. The summed E-state index contributed by atoms with van der Waals surface area (Å²) < 4.78 is 5.68. The van der Waals surface area contributed by atoms with Gasteiger partial charge in [-0.25, -0.2) is 0 Å². The van der Waals surface area contributed by atoms with E-state index in [0.717, 1.165) is 36.2 Å². The van der Waals surface area contributed by atoms with Gasteiger partial charge in [0.2, 0.25) is 0 Å². The summed E-state index contributed by atoms with van der Waals surface area (Å²) in [5.74, 6) is 0.530. The van der Waals surface area contributed by atoms with Crippen LogP contribution in [0.5, 0.6) is 5.75 Å². The zero-order chi connectivity index (χ0) is 21.2. The lowest BCUT2D eigenvalue weighted by molar-refractivity contribution is -0.118. The summed E-state index contributed by atoms with van der Waals surface area (Å²) in [6.45, 7) is 4.97. The number of hydrogen-bond donors (Lipinski definition) is 2. The SMILES string of the molecule is Cc1ccc(NC(=O)COc2cccc(CNC(C)CCc3ccccc3)c2)cc1. The van der Waals surface area contributed by atoms with Crippen molar-refractivity contribution in [3.05, 3.63) is 95.6 Å². The molecule has 0 aromatic heterocycles. The quantitative estimate of drug-likeness (QED) is 0.495. The predicted molar refractivity (Wildman–Crippen MR) is 123 cm³/mol. The van der Waals surface area contributed by atoms with Gasteiger partial charge < -0.3 is 15.4 Å². The summed E-state index contributed by atoms with van der Waals surface area (Å²) in [7, 11) is 0. The molecule has 30 heavy (non-hydrogen) atoms. The number of rotatable bonds is 10. The molecular weight excluding hydrogens is 372 g/mol. The molecule has 3 aromatic rings. The Bertz CT molecular complexity index is 923. The number of hydrogen-bond acceptors (Lipinski definition) is 3. The fraction of sp³-hybridized carbons (Fsp3) is 0.269. The average molecular weight is 403 g/mol. The maximum atomic E-state index is 12.1. The number of carbonyl (C=O) groups is 1. The van der Waals surface area contributed by atoms with Gasteiger partial charge in [-0.15, -0.1) is 0 Å². The van der Waals surface area contributed by atoms with Crippen molar-refractivity contribution in [2.75, 3.05) is 11.9 Å². The molecule has 0 aliphatic rings. The normalized spacial score (nSPS) is 11.7. The zero-order valence-electron chi connectivity index (χ0n) is 17.7. The van der Waals surface area contributed by atoms with Gasteiger partial charge in [-0.05, 0) is 62.1 Å².